The molecule has 0 bridgehead atoms. The first-order valence-electron chi connectivity index (χ1n) is 10.7. The van der Waals surface area contributed by atoms with Crippen molar-refractivity contribution in [2.75, 3.05) is 30.8 Å². The summed E-state index contributed by atoms with van der Waals surface area (Å²) >= 11 is 0. The van der Waals surface area contributed by atoms with Gasteiger partial charge in [-0.2, -0.15) is 0 Å². The summed E-state index contributed by atoms with van der Waals surface area (Å²) in [6.45, 7) is 5.10. The van der Waals surface area contributed by atoms with Crippen molar-refractivity contribution in [1.82, 2.24) is 20.3 Å². The summed E-state index contributed by atoms with van der Waals surface area (Å²) in [6.07, 6.45) is 0.575. The number of benzene rings is 2. The fourth-order valence-corrected chi connectivity index (χ4v) is 3.11. The number of hydrogen-bond donors (Lipinski definition) is 3. The Balaban J connectivity index is 1.54. The van der Waals surface area contributed by atoms with E-state index < -0.39 is 5.91 Å². The maximum absolute atomic E-state index is 12.5. The molecule has 0 aliphatic carbocycles. The number of nitrogen functional groups attached to an aromatic ring is 1. The van der Waals surface area contributed by atoms with Gasteiger partial charge in [0, 0.05) is 12.2 Å². The van der Waals surface area contributed by atoms with E-state index in [1.54, 1.807) is 12.1 Å². The Morgan fingerprint density at radius 3 is 2.48 bits per heavy atom. The number of para-hydroxylation sites is 1. The van der Waals surface area contributed by atoms with Gasteiger partial charge in [-0.05, 0) is 50.1 Å². The molecule has 0 saturated heterocycles. The van der Waals surface area contributed by atoms with Crippen LogP contribution in [-0.4, -0.2) is 46.6 Å². The molecule has 10 heteroatoms. The van der Waals surface area contributed by atoms with E-state index in [0.29, 0.717) is 43.4 Å². The smallest absolute Gasteiger partial charge is 0.275 e. The van der Waals surface area contributed by atoms with Gasteiger partial charge in [-0.1, -0.05) is 29.5 Å². The lowest BCUT2D eigenvalue weighted by molar-refractivity contribution is -0.116. The van der Waals surface area contributed by atoms with Crippen LogP contribution in [0.2, 0.25) is 0 Å². The molecule has 1 aromatic heterocycles. The number of rotatable bonds is 11. The van der Waals surface area contributed by atoms with Gasteiger partial charge in [0.2, 0.25) is 5.91 Å². The van der Waals surface area contributed by atoms with Crippen molar-refractivity contribution >= 4 is 23.3 Å². The average molecular weight is 453 g/mol. The van der Waals surface area contributed by atoms with Crippen LogP contribution in [0.4, 0.5) is 11.5 Å². The topological polar surface area (TPSA) is 133 Å². The molecule has 0 saturated carbocycles. The molecule has 0 aliphatic rings. The number of carbonyl (C=O) groups excluding carboxylic acids is 2. The SMILES string of the molecule is CCOc1ccc(CCNC(=O)c2nnn(CC(=O)Nc3ccccc3)c2N)cc1OCC. The second kappa shape index (κ2) is 11.5. The minimum atomic E-state index is -0.460. The number of aromatic nitrogens is 3. The van der Waals surface area contributed by atoms with Crippen molar-refractivity contribution in [1.29, 1.82) is 0 Å². The first-order chi connectivity index (χ1) is 16.0. The number of hydrogen-bond acceptors (Lipinski definition) is 7. The van der Waals surface area contributed by atoms with Gasteiger partial charge in [-0.25, -0.2) is 4.68 Å². The summed E-state index contributed by atoms with van der Waals surface area (Å²) in [7, 11) is 0. The Kier molecular flexibility index (Phi) is 8.23. The second-order valence-corrected chi connectivity index (χ2v) is 7.05. The molecule has 2 aromatic carbocycles. The predicted octanol–water partition coefficient (Wildman–Crippen LogP) is 2.27. The Labute approximate surface area is 192 Å². The van der Waals surface area contributed by atoms with Gasteiger partial charge in [0.15, 0.2) is 23.0 Å². The summed E-state index contributed by atoms with van der Waals surface area (Å²) < 4.78 is 12.4. The van der Waals surface area contributed by atoms with E-state index in [1.165, 1.54) is 4.68 Å². The number of anilines is 2. The summed E-state index contributed by atoms with van der Waals surface area (Å²) in [5.74, 6) is 0.593. The lowest BCUT2D eigenvalue weighted by Crippen LogP contribution is -2.27. The van der Waals surface area contributed by atoms with Crippen molar-refractivity contribution in [2.24, 2.45) is 0 Å². The van der Waals surface area contributed by atoms with Gasteiger partial charge in [-0.3, -0.25) is 9.59 Å². The van der Waals surface area contributed by atoms with Crippen molar-refractivity contribution < 1.29 is 19.1 Å². The maximum atomic E-state index is 12.5. The summed E-state index contributed by atoms with van der Waals surface area (Å²) in [6, 6.07) is 14.7. The molecule has 0 fully saturated rings. The molecule has 0 radical (unpaired) electrons. The molecular formula is C23H28N6O4. The molecule has 4 N–H and O–H groups in total. The van der Waals surface area contributed by atoms with Gasteiger partial charge >= 0.3 is 0 Å². The quantitative estimate of drug-likeness (QED) is 0.406. The van der Waals surface area contributed by atoms with Crippen LogP contribution in [0.1, 0.15) is 29.9 Å². The van der Waals surface area contributed by atoms with E-state index >= 15 is 0 Å². The first-order valence-corrected chi connectivity index (χ1v) is 10.7. The van der Waals surface area contributed by atoms with Crippen LogP contribution in [0.15, 0.2) is 48.5 Å². The zero-order valence-corrected chi connectivity index (χ0v) is 18.7. The van der Waals surface area contributed by atoms with Gasteiger partial charge in [0.25, 0.3) is 5.91 Å². The van der Waals surface area contributed by atoms with E-state index in [1.807, 2.05) is 50.2 Å². The molecular weight excluding hydrogens is 424 g/mol. The Morgan fingerprint density at radius 1 is 1.03 bits per heavy atom. The van der Waals surface area contributed by atoms with E-state index in [0.717, 1.165) is 5.56 Å². The molecule has 0 unspecified atom stereocenters. The lowest BCUT2D eigenvalue weighted by atomic mass is 10.1. The molecule has 2 amide bonds. The highest BCUT2D eigenvalue weighted by atomic mass is 16.5. The van der Waals surface area contributed by atoms with E-state index in [4.69, 9.17) is 15.2 Å². The van der Waals surface area contributed by atoms with E-state index in [2.05, 4.69) is 20.9 Å². The Morgan fingerprint density at radius 2 is 1.76 bits per heavy atom. The summed E-state index contributed by atoms with van der Waals surface area (Å²) in [4.78, 5) is 24.7. The third kappa shape index (κ3) is 6.45. The number of ether oxygens (including phenoxy) is 2. The van der Waals surface area contributed by atoms with Gasteiger partial charge in [0.05, 0.1) is 13.2 Å². The number of amides is 2. The second-order valence-electron chi connectivity index (χ2n) is 7.05. The van der Waals surface area contributed by atoms with Crippen molar-refractivity contribution in [2.45, 2.75) is 26.8 Å². The summed E-state index contributed by atoms with van der Waals surface area (Å²) in [5, 5.41) is 13.2. The van der Waals surface area contributed by atoms with Crippen LogP contribution in [0.5, 0.6) is 11.5 Å². The molecule has 0 aliphatic heterocycles. The van der Waals surface area contributed by atoms with E-state index in [9.17, 15) is 9.59 Å². The van der Waals surface area contributed by atoms with Gasteiger partial charge in [0.1, 0.15) is 6.54 Å². The fourth-order valence-electron chi connectivity index (χ4n) is 3.11. The average Bonchev–Trinajstić information content (AvgIpc) is 3.16. The van der Waals surface area contributed by atoms with Crippen LogP contribution in [0.3, 0.4) is 0 Å². The predicted molar refractivity (Wildman–Crippen MR) is 124 cm³/mol. The van der Waals surface area contributed by atoms with Crippen LogP contribution >= 0.6 is 0 Å². The minimum absolute atomic E-state index is 0.0235. The molecule has 1 heterocycles. The highest BCUT2D eigenvalue weighted by Crippen LogP contribution is 2.28. The van der Waals surface area contributed by atoms with Crippen molar-refractivity contribution in [3.8, 4) is 11.5 Å². The lowest BCUT2D eigenvalue weighted by Gasteiger charge is -2.12. The first kappa shape index (κ1) is 23.6. The zero-order chi connectivity index (χ0) is 23.6. The Bertz CT molecular complexity index is 1080. The van der Waals surface area contributed by atoms with Crippen LogP contribution < -0.4 is 25.8 Å². The maximum Gasteiger partial charge on any atom is 0.275 e. The monoisotopic (exact) mass is 452 g/mol. The molecule has 3 aromatic rings. The highest BCUT2D eigenvalue weighted by Gasteiger charge is 2.19. The van der Waals surface area contributed by atoms with E-state index in [-0.39, 0.29) is 24.0 Å². The standard InChI is InChI=1S/C23H28N6O4/c1-3-32-18-11-10-16(14-19(18)33-4-2)12-13-25-23(31)21-22(24)29(28-27-21)15-20(30)26-17-8-6-5-7-9-17/h5-11,14H,3-4,12-13,15,24H2,1-2H3,(H,25,31)(H,26,30). The minimum Gasteiger partial charge on any atom is -0.490 e. The normalized spacial score (nSPS) is 10.5. The number of nitrogens with one attached hydrogen (secondary N) is 2. The fraction of sp³-hybridized carbons (Fsp3) is 0.304. The van der Waals surface area contributed by atoms with Crippen LogP contribution in [-0.2, 0) is 17.8 Å². The molecule has 33 heavy (non-hydrogen) atoms. The summed E-state index contributed by atoms with van der Waals surface area (Å²) in [5.41, 5.74) is 7.61. The molecule has 3 rings (SSSR count). The third-order valence-corrected chi connectivity index (χ3v) is 4.65. The number of carbonyl (C=O) groups is 2. The van der Waals surface area contributed by atoms with Crippen molar-refractivity contribution in [3.63, 3.8) is 0 Å². The van der Waals surface area contributed by atoms with Crippen LogP contribution in [0, 0.1) is 0 Å². The molecule has 0 atom stereocenters. The molecule has 10 nitrogen and oxygen atoms in total. The third-order valence-electron chi connectivity index (χ3n) is 4.65. The van der Waals surface area contributed by atoms with Gasteiger partial charge in [-0.15, -0.1) is 5.10 Å². The number of nitrogens with two attached hydrogens (primary N) is 1. The highest BCUT2D eigenvalue weighted by molar-refractivity contribution is 5.96. The molecule has 174 valence electrons. The largest absolute Gasteiger partial charge is 0.490 e. The van der Waals surface area contributed by atoms with Crippen LogP contribution in [0.25, 0.3) is 0 Å². The Hall–Kier alpha value is -4.08. The van der Waals surface area contributed by atoms with Crippen molar-refractivity contribution in [3.05, 3.63) is 59.8 Å². The zero-order valence-electron chi connectivity index (χ0n) is 18.7. The van der Waals surface area contributed by atoms with Gasteiger partial charge < -0.3 is 25.8 Å². The molecule has 0 spiro atoms. The number of nitrogens with zero attached hydrogens (tertiary/aromatic N) is 3.